The highest BCUT2D eigenvalue weighted by atomic mass is 16.4. The molecule has 0 saturated heterocycles. The number of guanidine groups is 1. The minimum absolute atomic E-state index is 0.00174. The molecule has 39 heavy (non-hydrogen) atoms. The van der Waals surface area contributed by atoms with Crippen molar-refractivity contribution in [3.63, 3.8) is 0 Å². The van der Waals surface area contributed by atoms with Crippen molar-refractivity contribution < 1.29 is 29.4 Å². The Morgan fingerprint density at radius 1 is 0.949 bits per heavy atom. The molecule has 0 saturated carbocycles. The van der Waals surface area contributed by atoms with Gasteiger partial charge in [-0.1, -0.05) is 30.3 Å². The van der Waals surface area contributed by atoms with Crippen LogP contribution in [0.4, 0.5) is 0 Å². The number of aliphatic hydroxyl groups excluding tert-OH is 1. The molecule has 0 aliphatic rings. The molecule has 3 amide bonds. The van der Waals surface area contributed by atoms with Crippen molar-refractivity contribution in [1.82, 2.24) is 25.9 Å². The second-order valence-electron chi connectivity index (χ2n) is 8.73. The summed E-state index contributed by atoms with van der Waals surface area (Å²) < 4.78 is 0. The average molecular weight is 546 g/mol. The Kier molecular flexibility index (Phi) is 12.4. The minimum atomic E-state index is -1.49. The van der Waals surface area contributed by atoms with Gasteiger partial charge in [0.1, 0.15) is 18.1 Å². The summed E-state index contributed by atoms with van der Waals surface area (Å²) in [5.41, 5.74) is 17.9. The number of nitrogens with two attached hydrogens (primary N) is 3. The molecule has 0 spiro atoms. The molecule has 1 heterocycles. The molecule has 12 N–H and O–H groups in total. The van der Waals surface area contributed by atoms with Gasteiger partial charge in [-0.05, 0) is 24.8 Å². The van der Waals surface area contributed by atoms with E-state index in [1.54, 1.807) is 0 Å². The number of amides is 3. The molecular formula is C24H35N9O6. The van der Waals surface area contributed by atoms with Crippen LogP contribution in [0.25, 0.3) is 0 Å². The van der Waals surface area contributed by atoms with E-state index in [2.05, 4.69) is 30.9 Å². The molecular weight excluding hydrogens is 510 g/mol. The summed E-state index contributed by atoms with van der Waals surface area (Å²) in [5, 5.41) is 26.4. The van der Waals surface area contributed by atoms with Gasteiger partial charge in [-0.3, -0.25) is 19.4 Å². The molecule has 4 unspecified atom stereocenters. The largest absolute Gasteiger partial charge is 0.480 e. The smallest absolute Gasteiger partial charge is 0.326 e. The predicted molar refractivity (Wildman–Crippen MR) is 141 cm³/mol. The van der Waals surface area contributed by atoms with Gasteiger partial charge in [0.15, 0.2) is 5.96 Å². The second kappa shape index (κ2) is 15.7. The number of benzene rings is 1. The fourth-order valence-corrected chi connectivity index (χ4v) is 3.56. The van der Waals surface area contributed by atoms with Crippen LogP contribution in [-0.2, 0) is 32.0 Å². The summed E-state index contributed by atoms with van der Waals surface area (Å²) in [6.07, 6.45) is 3.34. The SMILES string of the molecule is NC(N)=NCCCC(NC(=O)C(CO)NC(=O)C(Cc1cnc[nH]1)NC(=O)C(N)Cc1ccccc1)C(=O)O. The van der Waals surface area contributed by atoms with Crippen LogP contribution >= 0.6 is 0 Å². The van der Waals surface area contributed by atoms with Crippen molar-refractivity contribution in [2.24, 2.45) is 22.2 Å². The predicted octanol–water partition coefficient (Wildman–Crippen LogP) is -2.89. The third-order valence-corrected chi connectivity index (χ3v) is 5.62. The van der Waals surface area contributed by atoms with E-state index in [0.29, 0.717) is 5.69 Å². The van der Waals surface area contributed by atoms with Crippen LogP contribution in [-0.4, -0.2) is 87.2 Å². The number of aromatic amines is 1. The zero-order chi connectivity index (χ0) is 28.8. The quantitative estimate of drug-likeness (QED) is 0.0590. The number of H-pyrrole nitrogens is 1. The third-order valence-electron chi connectivity index (χ3n) is 5.62. The Labute approximate surface area is 224 Å². The van der Waals surface area contributed by atoms with E-state index in [4.69, 9.17) is 17.2 Å². The molecule has 0 fully saturated rings. The first kappa shape index (κ1) is 30.7. The van der Waals surface area contributed by atoms with Crippen LogP contribution in [0, 0.1) is 0 Å². The van der Waals surface area contributed by atoms with Crippen molar-refractivity contribution in [2.75, 3.05) is 13.2 Å². The van der Waals surface area contributed by atoms with E-state index >= 15 is 0 Å². The number of nitrogens with one attached hydrogen (secondary N) is 4. The molecule has 0 radical (unpaired) electrons. The summed E-state index contributed by atoms with van der Waals surface area (Å²) >= 11 is 0. The highest BCUT2D eigenvalue weighted by Crippen LogP contribution is 2.05. The summed E-state index contributed by atoms with van der Waals surface area (Å²) in [7, 11) is 0. The van der Waals surface area contributed by atoms with Crippen LogP contribution in [0.1, 0.15) is 24.1 Å². The minimum Gasteiger partial charge on any atom is -0.480 e. The Morgan fingerprint density at radius 3 is 2.18 bits per heavy atom. The van der Waals surface area contributed by atoms with E-state index in [-0.39, 0.29) is 38.2 Å². The van der Waals surface area contributed by atoms with Crippen LogP contribution < -0.4 is 33.2 Å². The Balaban J connectivity index is 2.05. The number of rotatable bonds is 16. The first-order valence-corrected chi connectivity index (χ1v) is 12.2. The van der Waals surface area contributed by atoms with Gasteiger partial charge in [-0.25, -0.2) is 9.78 Å². The lowest BCUT2D eigenvalue weighted by atomic mass is 10.0. The number of aliphatic imine (C=N–C) groups is 1. The molecule has 0 aliphatic carbocycles. The van der Waals surface area contributed by atoms with Gasteiger partial charge >= 0.3 is 5.97 Å². The maximum Gasteiger partial charge on any atom is 0.326 e. The Bertz CT molecular complexity index is 1110. The number of imidazole rings is 1. The molecule has 0 bridgehead atoms. The number of aromatic nitrogens is 2. The zero-order valence-electron chi connectivity index (χ0n) is 21.2. The molecule has 2 rings (SSSR count). The number of hydrogen-bond donors (Lipinski definition) is 9. The molecule has 212 valence electrons. The number of aliphatic hydroxyl groups is 1. The topological polar surface area (TPSA) is 264 Å². The van der Waals surface area contributed by atoms with E-state index in [1.165, 1.54) is 12.5 Å². The number of carboxylic acid groups (broad SMARTS) is 1. The first-order valence-electron chi connectivity index (χ1n) is 12.2. The van der Waals surface area contributed by atoms with Gasteiger partial charge in [0, 0.05) is 24.9 Å². The summed E-state index contributed by atoms with van der Waals surface area (Å²) in [5.74, 6) is -3.78. The maximum atomic E-state index is 13.1. The van der Waals surface area contributed by atoms with Gasteiger partial charge in [-0.2, -0.15) is 0 Å². The number of aliphatic carboxylic acids is 1. The molecule has 1 aromatic carbocycles. The number of carbonyl (C=O) groups excluding carboxylic acids is 3. The van der Waals surface area contributed by atoms with Gasteiger partial charge in [0.2, 0.25) is 17.7 Å². The fourth-order valence-electron chi connectivity index (χ4n) is 3.56. The van der Waals surface area contributed by atoms with Crippen LogP contribution in [0.5, 0.6) is 0 Å². The zero-order valence-corrected chi connectivity index (χ0v) is 21.2. The van der Waals surface area contributed by atoms with E-state index < -0.39 is 54.5 Å². The number of nitrogens with zero attached hydrogens (tertiary/aromatic N) is 2. The number of hydrogen-bond acceptors (Lipinski definition) is 8. The lowest BCUT2D eigenvalue weighted by Gasteiger charge is -2.24. The van der Waals surface area contributed by atoms with Crippen molar-refractivity contribution in [3.05, 3.63) is 54.1 Å². The summed E-state index contributed by atoms with van der Waals surface area (Å²) in [6.45, 7) is -0.667. The molecule has 15 nitrogen and oxygen atoms in total. The normalized spacial score (nSPS) is 13.8. The molecule has 2 aromatic rings. The first-order chi connectivity index (χ1) is 18.6. The standard InChI is InChI=1S/C24H35N9O6/c25-16(9-14-5-2-1-3-6-14)20(35)32-18(10-15-11-28-13-30-15)21(36)33-19(12-34)22(37)31-17(23(38)39)7-4-8-29-24(26)27/h1-3,5-6,11,13,16-19,34H,4,7-10,12,25H2,(H,28,30)(H,31,37)(H,32,35)(H,33,36)(H,38,39)(H4,26,27,29). The van der Waals surface area contributed by atoms with E-state index in [9.17, 15) is 29.4 Å². The third kappa shape index (κ3) is 10.8. The Hall–Kier alpha value is -4.50. The lowest BCUT2D eigenvalue weighted by Crippen LogP contribution is -2.58. The molecule has 15 heteroatoms. The van der Waals surface area contributed by atoms with Crippen LogP contribution in [0.3, 0.4) is 0 Å². The van der Waals surface area contributed by atoms with Crippen molar-refractivity contribution in [3.8, 4) is 0 Å². The molecule has 1 aromatic heterocycles. The second-order valence-corrected chi connectivity index (χ2v) is 8.73. The van der Waals surface area contributed by atoms with Crippen molar-refractivity contribution in [1.29, 1.82) is 0 Å². The van der Waals surface area contributed by atoms with Gasteiger partial charge in [0.25, 0.3) is 0 Å². The Morgan fingerprint density at radius 2 is 1.59 bits per heavy atom. The average Bonchev–Trinajstić information content (AvgIpc) is 3.41. The maximum absolute atomic E-state index is 13.1. The van der Waals surface area contributed by atoms with Gasteiger partial charge in [0.05, 0.1) is 19.0 Å². The van der Waals surface area contributed by atoms with Crippen molar-refractivity contribution in [2.45, 2.75) is 49.9 Å². The van der Waals surface area contributed by atoms with E-state index in [1.807, 2.05) is 30.3 Å². The molecule has 0 aliphatic heterocycles. The summed E-state index contributed by atoms with van der Waals surface area (Å²) in [4.78, 5) is 60.7. The number of carboxylic acids is 1. The fraction of sp³-hybridized carbons (Fsp3) is 0.417. The van der Waals surface area contributed by atoms with E-state index in [0.717, 1.165) is 5.56 Å². The van der Waals surface area contributed by atoms with Crippen LogP contribution in [0.15, 0.2) is 47.8 Å². The number of carbonyl (C=O) groups is 4. The highest BCUT2D eigenvalue weighted by Gasteiger charge is 2.30. The van der Waals surface area contributed by atoms with Gasteiger partial charge in [-0.15, -0.1) is 0 Å². The highest BCUT2D eigenvalue weighted by molar-refractivity contribution is 5.94. The molecule has 4 atom stereocenters. The monoisotopic (exact) mass is 545 g/mol. The van der Waals surface area contributed by atoms with Crippen LogP contribution in [0.2, 0.25) is 0 Å². The lowest BCUT2D eigenvalue weighted by molar-refractivity contribution is -0.142. The van der Waals surface area contributed by atoms with Crippen molar-refractivity contribution >= 4 is 29.7 Å². The van der Waals surface area contributed by atoms with Gasteiger partial charge < -0.3 is 48.3 Å². The summed E-state index contributed by atoms with van der Waals surface area (Å²) in [6, 6.07) is 4.15.